The average Bonchev–Trinajstić information content (AvgIpc) is 2.91. The maximum atomic E-state index is 13.2. The lowest BCUT2D eigenvalue weighted by molar-refractivity contribution is -0.137. The average molecular weight is 450 g/mol. The van der Waals surface area contributed by atoms with Crippen LogP contribution < -0.4 is 10.1 Å². The summed E-state index contributed by atoms with van der Waals surface area (Å²) in [5.74, 6) is -0.409. The van der Waals surface area contributed by atoms with E-state index in [0.29, 0.717) is 36.5 Å². The molecule has 0 unspecified atom stereocenters. The molecule has 1 atom stereocenters. The van der Waals surface area contributed by atoms with Crippen molar-refractivity contribution in [2.24, 2.45) is 0 Å². The van der Waals surface area contributed by atoms with Gasteiger partial charge in [0, 0.05) is 24.3 Å². The number of rotatable bonds is 6. The van der Waals surface area contributed by atoms with E-state index in [4.69, 9.17) is 4.74 Å². The summed E-state index contributed by atoms with van der Waals surface area (Å²) in [6.45, 7) is 2.50. The lowest BCUT2D eigenvalue weighted by atomic mass is 10.1. The first kappa shape index (κ1) is 22.5. The standard InChI is InChI=1S/C26H24F2N2O3/c1-17-26(32)30(13-12-18-2-6-21(27)7-3-18)16-20-15-23(10-11-24(20)33-17)29-25(31)14-19-4-8-22(28)9-5-19/h2-11,15,17H,12-14,16H2,1H3,(H,29,31)/t17-/m1/s1. The number of carbonyl (C=O) groups is 2. The highest BCUT2D eigenvalue weighted by atomic mass is 19.1. The second-order valence-electron chi connectivity index (χ2n) is 8.07. The monoisotopic (exact) mass is 450 g/mol. The number of hydrogen-bond donors (Lipinski definition) is 1. The van der Waals surface area contributed by atoms with Crippen molar-refractivity contribution >= 4 is 17.5 Å². The highest BCUT2D eigenvalue weighted by Crippen LogP contribution is 2.29. The lowest BCUT2D eigenvalue weighted by Crippen LogP contribution is -2.39. The fourth-order valence-corrected chi connectivity index (χ4v) is 3.77. The van der Waals surface area contributed by atoms with Gasteiger partial charge in [-0.2, -0.15) is 0 Å². The van der Waals surface area contributed by atoms with Crippen molar-refractivity contribution in [2.45, 2.75) is 32.4 Å². The van der Waals surface area contributed by atoms with Crippen molar-refractivity contribution in [1.82, 2.24) is 4.90 Å². The number of benzene rings is 3. The Balaban J connectivity index is 1.45. The van der Waals surface area contributed by atoms with Crippen LogP contribution in [0.3, 0.4) is 0 Å². The van der Waals surface area contributed by atoms with E-state index < -0.39 is 6.10 Å². The summed E-state index contributed by atoms with van der Waals surface area (Å²) in [5, 5.41) is 2.85. The minimum absolute atomic E-state index is 0.118. The summed E-state index contributed by atoms with van der Waals surface area (Å²) in [7, 11) is 0. The van der Waals surface area contributed by atoms with Gasteiger partial charge < -0.3 is 15.0 Å². The summed E-state index contributed by atoms with van der Waals surface area (Å²) >= 11 is 0. The SMILES string of the molecule is C[C@H]1Oc2ccc(NC(=O)Cc3ccc(F)cc3)cc2CN(CCc2ccc(F)cc2)C1=O. The van der Waals surface area contributed by atoms with Gasteiger partial charge in [0.05, 0.1) is 6.42 Å². The molecule has 0 saturated heterocycles. The topological polar surface area (TPSA) is 58.6 Å². The van der Waals surface area contributed by atoms with Crippen LogP contribution in [-0.4, -0.2) is 29.4 Å². The second-order valence-corrected chi connectivity index (χ2v) is 8.07. The molecule has 0 bridgehead atoms. The third kappa shape index (κ3) is 5.74. The van der Waals surface area contributed by atoms with Crippen LogP contribution in [-0.2, 0) is 29.0 Å². The summed E-state index contributed by atoms with van der Waals surface area (Å²) < 4.78 is 32.1. The van der Waals surface area contributed by atoms with Gasteiger partial charge in [0.2, 0.25) is 5.91 Å². The largest absolute Gasteiger partial charge is 0.481 e. The van der Waals surface area contributed by atoms with E-state index in [1.165, 1.54) is 24.3 Å². The van der Waals surface area contributed by atoms with E-state index in [1.54, 1.807) is 54.3 Å². The van der Waals surface area contributed by atoms with Gasteiger partial charge in [-0.15, -0.1) is 0 Å². The van der Waals surface area contributed by atoms with E-state index in [0.717, 1.165) is 11.1 Å². The molecule has 1 heterocycles. The third-order valence-electron chi connectivity index (χ3n) is 5.53. The Hall–Kier alpha value is -3.74. The Labute approximate surface area is 191 Å². The molecule has 0 aromatic heterocycles. The molecule has 0 fully saturated rings. The van der Waals surface area contributed by atoms with Gasteiger partial charge in [0.15, 0.2) is 6.10 Å². The molecular weight excluding hydrogens is 426 g/mol. The molecule has 0 spiro atoms. The van der Waals surface area contributed by atoms with Gasteiger partial charge >= 0.3 is 0 Å². The maximum absolute atomic E-state index is 13.2. The molecule has 1 N–H and O–H groups in total. The smallest absolute Gasteiger partial charge is 0.263 e. The van der Waals surface area contributed by atoms with Crippen molar-refractivity contribution < 1.29 is 23.1 Å². The minimum Gasteiger partial charge on any atom is -0.481 e. The highest BCUT2D eigenvalue weighted by Gasteiger charge is 2.27. The zero-order chi connectivity index (χ0) is 23.4. The van der Waals surface area contributed by atoms with E-state index in [1.807, 2.05) is 0 Å². The van der Waals surface area contributed by atoms with Crippen LogP contribution in [0.5, 0.6) is 5.75 Å². The Morgan fingerprint density at radius 2 is 1.64 bits per heavy atom. The summed E-state index contributed by atoms with van der Waals surface area (Å²) in [4.78, 5) is 27.0. The second kappa shape index (κ2) is 9.81. The molecule has 3 aromatic carbocycles. The predicted octanol–water partition coefficient (Wildman–Crippen LogP) is 4.50. The number of nitrogens with one attached hydrogen (secondary N) is 1. The number of hydrogen-bond acceptors (Lipinski definition) is 3. The third-order valence-corrected chi connectivity index (χ3v) is 5.53. The van der Waals surface area contributed by atoms with Crippen LogP contribution in [0.2, 0.25) is 0 Å². The van der Waals surface area contributed by atoms with Crippen LogP contribution in [0.1, 0.15) is 23.6 Å². The number of halogens is 2. The molecule has 2 amide bonds. The van der Waals surface area contributed by atoms with Crippen molar-refractivity contribution in [3.63, 3.8) is 0 Å². The molecule has 0 radical (unpaired) electrons. The molecule has 1 aliphatic rings. The van der Waals surface area contributed by atoms with E-state index >= 15 is 0 Å². The molecule has 7 heteroatoms. The highest BCUT2D eigenvalue weighted by molar-refractivity contribution is 5.92. The number of fused-ring (bicyclic) bond motifs is 1. The Bertz CT molecular complexity index is 1150. The molecular formula is C26H24F2N2O3. The van der Waals surface area contributed by atoms with Crippen molar-refractivity contribution in [3.05, 3.63) is 95.1 Å². The first-order valence-electron chi connectivity index (χ1n) is 10.7. The Morgan fingerprint density at radius 1 is 1.00 bits per heavy atom. The van der Waals surface area contributed by atoms with Crippen LogP contribution in [0.25, 0.3) is 0 Å². The van der Waals surface area contributed by atoms with Crippen molar-refractivity contribution in [1.29, 1.82) is 0 Å². The fraction of sp³-hybridized carbons (Fsp3) is 0.231. The number of ether oxygens (including phenoxy) is 1. The molecule has 3 aromatic rings. The molecule has 0 aliphatic carbocycles. The van der Waals surface area contributed by atoms with Gasteiger partial charge in [-0.05, 0) is 66.9 Å². The predicted molar refractivity (Wildman–Crippen MR) is 121 cm³/mol. The van der Waals surface area contributed by atoms with Crippen LogP contribution in [0.15, 0.2) is 66.7 Å². The van der Waals surface area contributed by atoms with E-state index in [-0.39, 0.29) is 29.9 Å². The van der Waals surface area contributed by atoms with Crippen LogP contribution in [0, 0.1) is 11.6 Å². The van der Waals surface area contributed by atoms with Gasteiger partial charge in [-0.1, -0.05) is 24.3 Å². The molecule has 1 aliphatic heterocycles. The number of anilines is 1. The molecule has 0 saturated carbocycles. The Morgan fingerprint density at radius 3 is 2.30 bits per heavy atom. The normalized spacial score (nSPS) is 15.4. The molecule has 33 heavy (non-hydrogen) atoms. The zero-order valence-electron chi connectivity index (χ0n) is 18.2. The number of nitrogens with zero attached hydrogens (tertiary/aromatic N) is 1. The molecule has 170 valence electrons. The van der Waals surface area contributed by atoms with Crippen molar-refractivity contribution in [2.75, 3.05) is 11.9 Å². The number of carbonyl (C=O) groups excluding carboxylic acids is 2. The number of amides is 2. The molecule has 5 nitrogen and oxygen atoms in total. The molecule has 4 rings (SSSR count). The Kier molecular flexibility index (Phi) is 6.68. The fourth-order valence-electron chi connectivity index (χ4n) is 3.77. The van der Waals surface area contributed by atoms with E-state index in [9.17, 15) is 18.4 Å². The summed E-state index contributed by atoms with van der Waals surface area (Å²) in [5.41, 5.74) is 3.01. The van der Waals surface area contributed by atoms with E-state index in [2.05, 4.69) is 5.32 Å². The van der Waals surface area contributed by atoms with Gasteiger partial charge in [0.1, 0.15) is 17.4 Å². The maximum Gasteiger partial charge on any atom is 0.263 e. The zero-order valence-corrected chi connectivity index (χ0v) is 18.2. The summed E-state index contributed by atoms with van der Waals surface area (Å²) in [6.07, 6.45) is 0.0633. The van der Waals surface area contributed by atoms with Crippen LogP contribution >= 0.6 is 0 Å². The van der Waals surface area contributed by atoms with Crippen molar-refractivity contribution in [3.8, 4) is 5.75 Å². The summed E-state index contributed by atoms with van der Waals surface area (Å²) in [6, 6.07) is 17.3. The quantitative estimate of drug-likeness (QED) is 0.602. The first-order chi connectivity index (χ1) is 15.9. The van der Waals surface area contributed by atoms with Gasteiger partial charge in [0.25, 0.3) is 5.91 Å². The van der Waals surface area contributed by atoms with Crippen LogP contribution in [0.4, 0.5) is 14.5 Å². The first-order valence-corrected chi connectivity index (χ1v) is 10.7. The lowest BCUT2D eigenvalue weighted by Gasteiger charge is -2.22. The van der Waals surface area contributed by atoms with Gasteiger partial charge in [-0.3, -0.25) is 9.59 Å². The van der Waals surface area contributed by atoms with Gasteiger partial charge in [-0.25, -0.2) is 8.78 Å². The minimum atomic E-state index is -0.640.